The predicted octanol–water partition coefficient (Wildman–Crippen LogP) is 2.08. The van der Waals surface area contributed by atoms with E-state index in [1.54, 1.807) is 0 Å². The molecule has 4 nitrogen and oxygen atoms in total. The molecule has 1 unspecified atom stereocenters. The summed E-state index contributed by atoms with van der Waals surface area (Å²) in [6.45, 7) is 1.70. The first kappa shape index (κ1) is 14.3. The number of hydrogen-bond donors (Lipinski definition) is 1. The number of aliphatic hydroxyl groups excluding tert-OH is 1. The van der Waals surface area contributed by atoms with Gasteiger partial charge in [-0.05, 0) is 38.0 Å². The van der Waals surface area contributed by atoms with Crippen molar-refractivity contribution in [3.63, 3.8) is 0 Å². The highest BCUT2D eigenvalue weighted by atomic mass is 16.3. The third kappa shape index (κ3) is 3.09. The molecule has 2 rings (SSSR count). The minimum absolute atomic E-state index is 0.0531. The number of carbonyl (C=O) groups is 1. The van der Waals surface area contributed by atoms with Gasteiger partial charge in [0, 0.05) is 19.7 Å². The summed E-state index contributed by atoms with van der Waals surface area (Å²) in [7, 11) is 0. The Bertz CT molecular complexity index is 354. The summed E-state index contributed by atoms with van der Waals surface area (Å²) < 4.78 is 0. The van der Waals surface area contributed by atoms with E-state index in [0.29, 0.717) is 5.92 Å². The normalized spacial score (nSPS) is 26.7. The van der Waals surface area contributed by atoms with E-state index in [9.17, 15) is 10.1 Å². The summed E-state index contributed by atoms with van der Waals surface area (Å²) in [5, 5.41) is 18.5. The van der Waals surface area contributed by atoms with Crippen LogP contribution in [-0.4, -0.2) is 35.6 Å². The molecule has 1 aliphatic heterocycles. The molecule has 1 N–H and O–H groups in total. The summed E-state index contributed by atoms with van der Waals surface area (Å²) in [6.07, 6.45) is 7.43. The van der Waals surface area contributed by atoms with E-state index >= 15 is 0 Å². The maximum atomic E-state index is 12.7. The van der Waals surface area contributed by atoms with Gasteiger partial charge in [-0.15, -0.1) is 0 Å². The number of likely N-dealkylation sites (tertiary alicyclic amines) is 1. The fourth-order valence-electron chi connectivity index (χ4n) is 3.50. The molecule has 0 spiro atoms. The average molecular weight is 264 g/mol. The summed E-state index contributed by atoms with van der Waals surface area (Å²) in [5.41, 5.74) is -0.751. The second kappa shape index (κ2) is 6.38. The molecular weight excluding hydrogens is 240 g/mol. The predicted molar refractivity (Wildman–Crippen MR) is 72.1 cm³/mol. The van der Waals surface area contributed by atoms with E-state index in [0.717, 1.165) is 64.5 Å². The van der Waals surface area contributed by atoms with Gasteiger partial charge in [0.05, 0.1) is 6.07 Å². The molecule has 1 amide bonds. The lowest BCUT2D eigenvalue weighted by molar-refractivity contribution is -0.142. The SMILES string of the molecule is N#CC1(C(=O)N2CCCC(CCO)C2)CCCCC1. The van der Waals surface area contributed by atoms with Crippen LogP contribution in [0.2, 0.25) is 0 Å². The van der Waals surface area contributed by atoms with Crippen LogP contribution in [0.4, 0.5) is 0 Å². The highest BCUT2D eigenvalue weighted by Crippen LogP contribution is 2.38. The van der Waals surface area contributed by atoms with Crippen LogP contribution in [0.1, 0.15) is 51.4 Å². The number of hydrogen-bond acceptors (Lipinski definition) is 3. The zero-order chi connectivity index (χ0) is 13.7. The van der Waals surface area contributed by atoms with Crippen LogP contribution in [0.3, 0.4) is 0 Å². The third-order valence-corrected chi connectivity index (χ3v) is 4.67. The number of piperidine rings is 1. The van der Waals surface area contributed by atoms with Crippen LogP contribution >= 0.6 is 0 Å². The Labute approximate surface area is 115 Å². The second-order valence-electron chi connectivity index (χ2n) is 6.03. The quantitative estimate of drug-likeness (QED) is 0.848. The van der Waals surface area contributed by atoms with Crippen molar-refractivity contribution in [2.45, 2.75) is 51.4 Å². The van der Waals surface area contributed by atoms with Crippen molar-refractivity contribution in [2.75, 3.05) is 19.7 Å². The van der Waals surface area contributed by atoms with Gasteiger partial charge in [-0.2, -0.15) is 5.26 Å². The average Bonchev–Trinajstić information content (AvgIpc) is 2.48. The monoisotopic (exact) mass is 264 g/mol. The fourth-order valence-corrected chi connectivity index (χ4v) is 3.50. The van der Waals surface area contributed by atoms with Crippen molar-refractivity contribution in [2.24, 2.45) is 11.3 Å². The van der Waals surface area contributed by atoms with Crippen LogP contribution in [-0.2, 0) is 4.79 Å². The fraction of sp³-hybridized carbons (Fsp3) is 0.867. The summed E-state index contributed by atoms with van der Waals surface area (Å²) in [5.74, 6) is 0.458. The van der Waals surface area contributed by atoms with Crippen LogP contribution in [0.25, 0.3) is 0 Å². The van der Waals surface area contributed by atoms with Crippen molar-refractivity contribution < 1.29 is 9.90 Å². The van der Waals surface area contributed by atoms with E-state index in [2.05, 4.69) is 6.07 Å². The number of aliphatic hydroxyl groups is 1. The van der Waals surface area contributed by atoms with Gasteiger partial charge in [-0.3, -0.25) is 4.79 Å². The molecular formula is C15H24N2O2. The smallest absolute Gasteiger partial charge is 0.243 e. The molecule has 1 aliphatic carbocycles. The molecule has 1 saturated carbocycles. The van der Waals surface area contributed by atoms with Crippen LogP contribution in [0.15, 0.2) is 0 Å². The number of amides is 1. The topological polar surface area (TPSA) is 64.3 Å². The Morgan fingerprint density at radius 1 is 1.32 bits per heavy atom. The molecule has 1 saturated heterocycles. The Balaban J connectivity index is 2.03. The van der Waals surface area contributed by atoms with Gasteiger partial charge in [0.1, 0.15) is 5.41 Å². The molecule has 0 aromatic heterocycles. The molecule has 2 aliphatic rings. The number of carbonyl (C=O) groups excluding carboxylic acids is 1. The van der Waals surface area contributed by atoms with Crippen molar-refractivity contribution in [1.82, 2.24) is 4.90 Å². The van der Waals surface area contributed by atoms with E-state index < -0.39 is 5.41 Å². The van der Waals surface area contributed by atoms with Gasteiger partial charge >= 0.3 is 0 Å². The molecule has 0 bridgehead atoms. The van der Waals surface area contributed by atoms with Gasteiger partial charge in [0.2, 0.25) is 5.91 Å². The lowest BCUT2D eigenvalue weighted by atomic mass is 9.73. The molecule has 1 heterocycles. The molecule has 0 aromatic carbocycles. The van der Waals surface area contributed by atoms with Crippen LogP contribution < -0.4 is 0 Å². The van der Waals surface area contributed by atoms with Crippen molar-refractivity contribution in [3.05, 3.63) is 0 Å². The number of nitrogens with zero attached hydrogens (tertiary/aromatic N) is 2. The third-order valence-electron chi connectivity index (χ3n) is 4.67. The van der Waals surface area contributed by atoms with Gasteiger partial charge in [-0.1, -0.05) is 19.3 Å². The minimum Gasteiger partial charge on any atom is -0.396 e. The highest BCUT2D eigenvalue weighted by molar-refractivity contribution is 5.85. The van der Waals surface area contributed by atoms with Crippen LogP contribution in [0, 0.1) is 22.7 Å². The minimum atomic E-state index is -0.751. The second-order valence-corrected chi connectivity index (χ2v) is 6.03. The molecule has 0 aromatic rings. The van der Waals surface area contributed by atoms with Gasteiger partial charge < -0.3 is 10.0 Å². The lowest BCUT2D eigenvalue weighted by Gasteiger charge is -2.39. The zero-order valence-corrected chi connectivity index (χ0v) is 11.6. The van der Waals surface area contributed by atoms with Crippen molar-refractivity contribution in [3.8, 4) is 6.07 Å². The maximum absolute atomic E-state index is 12.7. The van der Waals surface area contributed by atoms with E-state index in [-0.39, 0.29) is 12.5 Å². The Hall–Kier alpha value is -1.08. The first-order chi connectivity index (χ1) is 9.22. The van der Waals surface area contributed by atoms with Crippen molar-refractivity contribution >= 4 is 5.91 Å². The first-order valence-corrected chi connectivity index (χ1v) is 7.53. The van der Waals surface area contributed by atoms with E-state index in [4.69, 9.17) is 5.11 Å². The number of nitriles is 1. The van der Waals surface area contributed by atoms with Gasteiger partial charge in [0.25, 0.3) is 0 Å². The molecule has 106 valence electrons. The Kier molecular flexibility index (Phi) is 4.81. The zero-order valence-electron chi connectivity index (χ0n) is 11.6. The largest absolute Gasteiger partial charge is 0.396 e. The van der Waals surface area contributed by atoms with Crippen molar-refractivity contribution in [1.29, 1.82) is 5.26 Å². The Morgan fingerprint density at radius 3 is 2.68 bits per heavy atom. The highest BCUT2D eigenvalue weighted by Gasteiger charge is 2.43. The first-order valence-electron chi connectivity index (χ1n) is 7.53. The molecule has 2 fully saturated rings. The van der Waals surface area contributed by atoms with E-state index in [1.807, 2.05) is 4.90 Å². The molecule has 0 radical (unpaired) electrons. The number of rotatable bonds is 3. The molecule has 4 heteroatoms. The van der Waals surface area contributed by atoms with Crippen LogP contribution in [0.5, 0.6) is 0 Å². The van der Waals surface area contributed by atoms with Gasteiger partial charge in [0.15, 0.2) is 0 Å². The maximum Gasteiger partial charge on any atom is 0.243 e. The Morgan fingerprint density at radius 2 is 2.05 bits per heavy atom. The summed E-state index contributed by atoms with van der Waals surface area (Å²) >= 11 is 0. The summed E-state index contributed by atoms with van der Waals surface area (Å²) in [4.78, 5) is 14.6. The lowest BCUT2D eigenvalue weighted by Crippen LogP contribution is -2.48. The van der Waals surface area contributed by atoms with E-state index in [1.165, 1.54) is 0 Å². The summed E-state index contributed by atoms with van der Waals surface area (Å²) in [6, 6.07) is 2.32. The molecule has 1 atom stereocenters. The molecule has 19 heavy (non-hydrogen) atoms. The van der Waals surface area contributed by atoms with Gasteiger partial charge in [-0.25, -0.2) is 0 Å². The standard InChI is InChI=1S/C15H24N2O2/c16-12-15(7-2-1-3-8-15)14(19)17-9-4-5-13(11-17)6-10-18/h13,18H,1-11H2.